The van der Waals surface area contributed by atoms with Gasteiger partial charge in [0, 0.05) is 23.5 Å². The minimum atomic E-state index is -0.119. The molecule has 2 N–H and O–H groups in total. The van der Waals surface area contributed by atoms with E-state index in [1.165, 1.54) is 6.26 Å². The number of hydrogen-bond acceptors (Lipinski definition) is 4. The Bertz CT molecular complexity index is 692. The number of rotatable bonds is 4. The number of piperidine rings is 1. The molecule has 1 aromatic heterocycles. The Hall–Kier alpha value is -2.28. The molecule has 0 unspecified atom stereocenters. The van der Waals surface area contributed by atoms with Gasteiger partial charge in [0.05, 0.1) is 12.0 Å². The molecule has 6 nitrogen and oxygen atoms in total. The number of furan rings is 1. The van der Waals surface area contributed by atoms with Crippen LogP contribution in [0.1, 0.15) is 23.4 Å². The van der Waals surface area contributed by atoms with Gasteiger partial charge in [-0.25, -0.2) is 0 Å². The summed E-state index contributed by atoms with van der Waals surface area (Å²) < 4.78 is 6.11. The van der Waals surface area contributed by atoms with Crippen molar-refractivity contribution in [2.45, 2.75) is 12.8 Å². The third-order valence-corrected chi connectivity index (χ3v) is 4.59. The number of hydrazine groups is 1. The van der Waals surface area contributed by atoms with E-state index in [0.29, 0.717) is 31.7 Å². The number of nitrogens with one attached hydrogen (secondary N) is 2. The molecule has 0 atom stereocenters. The monoisotopic (exact) mass is 391 g/mol. The maximum atomic E-state index is 12.2. The first-order valence-electron chi connectivity index (χ1n) is 7.77. The predicted molar refractivity (Wildman–Crippen MR) is 93.2 cm³/mol. The minimum Gasteiger partial charge on any atom is -0.459 e. The molecule has 2 aromatic rings. The Morgan fingerprint density at radius 2 is 1.83 bits per heavy atom. The van der Waals surface area contributed by atoms with Gasteiger partial charge in [-0.2, -0.15) is 0 Å². The molecule has 0 aliphatic carbocycles. The molecule has 3 rings (SSSR count). The van der Waals surface area contributed by atoms with Gasteiger partial charge < -0.3 is 9.32 Å². The molecule has 2 heterocycles. The molecule has 0 radical (unpaired) electrons. The third kappa shape index (κ3) is 3.97. The molecule has 1 fully saturated rings. The molecule has 0 bridgehead atoms. The summed E-state index contributed by atoms with van der Waals surface area (Å²) >= 11 is 3.37. The second-order valence-electron chi connectivity index (χ2n) is 5.66. The molecular weight excluding hydrogens is 374 g/mol. The number of likely N-dealkylation sites (tertiary alicyclic amines) is 1. The zero-order chi connectivity index (χ0) is 16.9. The maximum Gasteiger partial charge on any atom is 0.289 e. The lowest BCUT2D eigenvalue weighted by molar-refractivity contribution is -0.125. The van der Waals surface area contributed by atoms with Gasteiger partial charge >= 0.3 is 0 Å². The van der Waals surface area contributed by atoms with Crippen molar-refractivity contribution in [2.24, 2.45) is 5.92 Å². The van der Waals surface area contributed by atoms with Crippen LogP contribution in [-0.4, -0.2) is 29.8 Å². The summed E-state index contributed by atoms with van der Waals surface area (Å²) in [5.41, 5.74) is 6.46. The summed E-state index contributed by atoms with van der Waals surface area (Å²) in [5, 5.41) is 0. The second kappa shape index (κ2) is 7.53. The number of halogens is 1. The van der Waals surface area contributed by atoms with Crippen LogP contribution in [0, 0.1) is 5.92 Å². The summed E-state index contributed by atoms with van der Waals surface area (Å²) in [6.07, 6.45) is 2.77. The van der Waals surface area contributed by atoms with Gasteiger partial charge in [0.2, 0.25) is 5.91 Å². The van der Waals surface area contributed by atoms with E-state index in [-0.39, 0.29) is 17.7 Å². The molecule has 0 saturated carbocycles. The lowest BCUT2D eigenvalue weighted by atomic mass is 9.96. The van der Waals surface area contributed by atoms with Crippen LogP contribution < -0.4 is 10.9 Å². The van der Waals surface area contributed by atoms with Crippen LogP contribution in [0.3, 0.4) is 0 Å². The van der Waals surface area contributed by atoms with Crippen LogP contribution in [0.15, 0.2) is 51.6 Å². The van der Waals surface area contributed by atoms with Crippen LogP contribution in [-0.2, 0) is 4.79 Å². The summed E-state index contributed by atoms with van der Waals surface area (Å²) in [6.45, 7) is 1.10. The van der Waals surface area contributed by atoms with Crippen LogP contribution in [0.5, 0.6) is 0 Å². The molecule has 126 valence electrons. The van der Waals surface area contributed by atoms with Crippen LogP contribution >= 0.6 is 15.9 Å². The van der Waals surface area contributed by atoms with Crippen molar-refractivity contribution >= 4 is 33.4 Å². The topological polar surface area (TPSA) is 74.6 Å². The minimum absolute atomic E-state index is 0.0528. The molecule has 2 amide bonds. The van der Waals surface area contributed by atoms with Gasteiger partial charge in [-0.3, -0.25) is 20.4 Å². The first-order chi connectivity index (χ1) is 11.6. The van der Waals surface area contributed by atoms with Gasteiger partial charge in [0.25, 0.3) is 5.91 Å². The summed E-state index contributed by atoms with van der Waals surface area (Å²) in [4.78, 5) is 26.2. The fourth-order valence-electron chi connectivity index (χ4n) is 2.67. The highest BCUT2D eigenvalue weighted by molar-refractivity contribution is 9.10. The van der Waals surface area contributed by atoms with E-state index in [1.54, 1.807) is 17.0 Å². The fourth-order valence-corrected chi connectivity index (χ4v) is 2.93. The standard InChI is InChI=1S/C17H18BrN3O3/c18-13-3-5-14(6-4-13)19-20-16(22)12-7-9-21(10-8-12)17(23)15-2-1-11-24-15/h1-6,11-12,19H,7-10H2,(H,20,22). The average molecular weight is 392 g/mol. The highest BCUT2D eigenvalue weighted by Gasteiger charge is 2.28. The van der Waals surface area contributed by atoms with Gasteiger partial charge in [-0.05, 0) is 49.2 Å². The number of amides is 2. The smallest absolute Gasteiger partial charge is 0.289 e. The van der Waals surface area contributed by atoms with Crippen LogP contribution in [0.4, 0.5) is 5.69 Å². The van der Waals surface area contributed by atoms with E-state index >= 15 is 0 Å². The van der Waals surface area contributed by atoms with E-state index in [2.05, 4.69) is 26.8 Å². The molecule has 1 saturated heterocycles. The Balaban J connectivity index is 1.46. The number of carbonyl (C=O) groups is 2. The Kier molecular flexibility index (Phi) is 5.20. The van der Waals surface area contributed by atoms with Gasteiger partial charge in [0.15, 0.2) is 5.76 Å². The number of anilines is 1. The summed E-state index contributed by atoms with van der Waals surface area (Å²) in [6, 6.07) is 10.9. The fraction of sp³-hybridized carbons (Fsp3) is 0.294. The predicted octanol–water partition coefficient (Wildman–Crippen LogP) is 3.04. The summed E-state index contributed by atoms with van der Waals surface area (Å²) in [5.74, 6) is 0.0678. The largest absolute Gasteiger partial charge is 0.459 e. The Morgan fingerprint density at radius 1 is 1.12 bits per heavy atom. The first kappa shape index (κ1) is 16.6. The molecule has 24 heavy (non-hydrogen) atoms. The lowest BCUT2D eigenvalue weighted by Gasteiger charge is -2.30. The summed E-state index contributed by atoms with van der Waals surface area (Å²) in [7, 11) is 0. The molecule has 1 aromatic carbocycles. The number of carbonyl (C=O) groups excluding carboxylic acids is 2. The zero-order valence-corrected chi connectivity index (χ0v) is 14.6. The van der Waals surface area contributed by atoms with Crippen molar-refractivity contribution in [2.75, 3.05) is 18.5 Å². The van der Waals surface area contributed by atoms with E-state index < -0.39 is 0 Å². The highest BCUT2D eigenvalue weighted by atomic mass is 79.9. The van der Waals surface area contributed by atoms with Crippen molar-refractivity contribution in [3.8, 4) is 0 Å². The Labute approximate surface area is 148 Å². The average Bonchev–Trinajstić information content (AvgIpc) is 3.15. The number of hydrogen-bond donors (Lipinski definition) is 2. The maximum absolute atomic E-state index is 12.2. The molecule has 1 aliphatic heterocycles. The van der Waals surface area contributed by atoms with Crippen molar-refractivity contribution in [1.29, 1.82) is 0 Å². The SMILES string of the molecule is O=C(NNc1ccc(Br)cc1)C1CCN(C(=O)c2ccco2)CC1. The quantitative estimate of drug-likeness (QED) is 0.785. The van der Waals surface area contributed by atoms with Gasteiger partial charge in [0.1, 0.15) is 0 Å². The van der Waals surface area contributed by atoms with Crippen molar-refractivity contribution in [3.63, 3.8) is 0 Å². The Morgan fingerprint density at radius 3 is 2.46 bits per heavy atom. The van der Waals surface area contributed by atoms with Gasteiger partial charge in [-0.15, -0.1) is 0 Å². The van der Waals surface area contributed by atoms with Crippen LogP contribution in [0.2, 0.25) is 0 Å². The molecular formula is C17H18BrN3O3. The highest BCUT2D eigenvalue weighted by Crippen LogP contribution is 2.20. The number of nitrogens with zero attached hydrogens (tertiary/aromatic N) is 1. The first-order valence-corrected chi connectivity index (χ1v) is 8.57. The molecule has 7 heteroatoms. The van der Waals surface area contributed by atoms with Crippen molar-refractivity contribution in [1.82, 2.24) is 10.3 Å². The molecule has 1 aliphatic rings. The second-order valence-corrected chi connectivity index (χ2v) is 6.58. The van der Waals surface area contributed by atoms with Crippen molar-refractivity contribution < 1.29 is 14.0 Å². The van der Waals surface area contributed by atoms with Crippen LogP contribution in [0.25, 0.3) is 0 Å². The molecule has 0 spiro atoms. The lowest BCUT2D eigenvalue weighted by Crippen LogP contribution is -2.44. The van der Waals surface area contributed by atoms with E-state index in [1.807, 2.05) is 24.3 Å². The van der Waals surface area contributed by atoms with E-state index in [9.17, 15) is 9.59 Å². The van der Waals surface area contributed by atoms with Gasteiger partial charge in [-0.1, -0.05) is 15.9 Å². The zero-order valence-electron chi connectivity index (χ0n) is 13.0. The van der Waals surface area contributed by atoms with Crippen molar-refractivity contribution in [3.05, 3.63) is 52.9 Å². The normalized spacial score (nSPS) is 15.1. The third-order valence-electron chi connectivity index (χ3n) is 4.06. The van der Waals surface area contributed by atoms with E-state index in [0.717, 1.165) is 10.2 Å². The van der Waals surface area contributed by atoms with E-state index in [4.69, 9.17) is 4.42 Å². The number of benzene rings is 1.